The number of hydrogen-bond acceptors (Lipinski definition) is 6. The van der Waals surface area contributed by atoms with E-state index in [0.717, 1.165) is 0 Å². The maximum Gasteiger partial charge on any atom is 0.313 e. The van der Waals surface area contributed by atoms with Crippen molar-refractivity contribution in [2.24, 2.45) is 11.3 Å². The Bertz CT molecular complexity index is 605. The summed E-state index contributed by atoms with van der Waals surface area (Å²) in [5.41, 5.74) is -0.469. The molecule has 2 saturated heterocycles. The van der Waals surface area contributed by atoms with Gasteiger partial charge in [-0.05, 0) is 7.05 Å². The Morgan fingerprint density at radius 3 is 2.55 bits per heavy atom. The molecule has 8 heteroatoms. The molecule has 1 aromatic heterocycles. The molecule has 1 aromatic rings. The number of aliphatic carboxylic acids is 1. The lowest BCUT2D eigenvalue weighted by molar-refractivity contribution is -0.148. The predicted molar refractivity (Wildman–Crippen MR) is 78.5 cm³/mol. The third-order valence-electron chi connectivity index (χ3n) is 4.61. The molecule has 118 valence electrons. The van der Waals surface area contributed by atoms with Gasteiger partial charge in [-0.15, -0.1) is 0 Å². The Morgan fingerprint density at radius 2 is 2.00 bits per heavy atom. The largest absolute Gasteiger partial charge is 0.481 e. The normalized spacial score (nSPS) is 27.7. The highest BCUT2D eigenvalue weighted by molar-refractivity contribution is 5.94. The van der Waals surface area contributed by atoms with Crippen LogP contribution >= 0.6 is 0 Å². The van der Waals surface area contributed by atoms with Crippen LogP contribution in [0.3, 0.4) is 0 Å². The summed E-state index contributed by atoms with van der Waals surface area (Å²) in [6.45, 7) is 1.88. The number of fused-ring (bicyclic) bond motifs is 1. The number of nitrogens with zero attached hydrogens (tertiary/aromatic N) is 4. The second kappa shape index (κ2) is 5.20. The smallest absolute Gasteiger partial charge is 0.313 e. The van der Waals surface area contributed by atoms with Crippen molar-refractivity contribution in [3.05, 3.63) is 18.0 Å². The Labute approximate surface area is 128 Å². The number of carbonyl (C=O) groups excluding carboxylic acids is 1. The Balaban J connectivity index is 1.79. The van der Waals surface area contributed by atoms with E-state index in [1.54, 1.807) is 11.9 Å². The molecule has 0 aromatic carbocycles. The van der Waals surface area contributed by atoms with Crippen LogP contribution in [0.4, 0.5) is 5.95 Å². The number of rotatable bonds is 3. The van der Waals surface area contributed by atoms with Gasteiger partial charge in [0.05, 0.1) is 5.56 Å². The molecule has 0 radical (unpaired) electrons. The first-order valence-electron chi connectivity index (χ1n) is 7.17. The summed E-state index contributed by atoms with van der Waals surface area (Å²) in [5, 5.41) is 12.4. The number of carboxylic acid groups (broad SMARTS) is 1. The summed E-state index contributed by atoms with van der Waals surface area (Å²) in [5.74, 6) is -0.616. The molecule has 0 unspecified atom stereocenters. The lowest BCUT2D eigenvalue weighted by Gasteiger charge is -2.24. The summed E-state index contributed by atoms with van der Waals surface area (Å²) >= 11 is 0. The van der Waals surface area contributed by atoms with E-state index in [2.05, 4.69) is 15.3 Å². The molecule has 2 atom stereocenters. The zero-order valence-electron chi connectivity index (χ0n) is 12.6. The standard InChI is InChI=1S/C14H19N5O3/c1-15-13-16-3-9(4-17-13)11(20)19-6-10-5-18(2)7-14(10,8-19)12(21)22/h3-4,10H,5-8H2,1-2H3,(H,21,22)(H,15,16,17)/t10-,14-/m0/s1. The lowest BCUT2D eigenvalue weighted by atomic mass is 9.81. The van der Waals surface area contributed by atoms with E-state index in [0.29, 0.717) is 31.1 Å². The van der Waals surface area contributed by atoms with Crippen molar-refractivity contribution in [1.82, 2.24) is 19.8 Å². The minimum atomic E-state index is -0.851. The van der Waals surface area contributed by atoms with Crippen LogP contribution < -0.4 is 5.32 Å². The molecule has 2 fully saturated rings. The summed E-state index contributed by atoms with van der Waals surface area (Å²) in [7, 11) is 3.62. The van der Waals surface area contributed by atoms with Crippen molar-refractivity contribution in [3.8, 4) is 0 Å². The molecular weight excluding hydrogens is 286 g/mol. The monoisotopic (exact) mass is 305 g/mol. The van der Waals surface area contributed by atoms with E-state index in [4.69, 9.17) is 0 Å². The second-order valence-corrected chi connectivity index (χ2v) is 6.09. The van der Waals surface area contributed by atoms with Crippen LogP contribution in [-0.4, -0.2) is 77.0 Å². The van der Waals surface area contributed by atoms with Crippen LogP contribution in [0.2, 0.25) is 0 Å². The second-order valence-electron chi connectivity index (χ2n) is 6.09. The van der Waals surface area contributed by atoms with Crippen molar-refractivity contribution in [1.29, 1.82) is 0 Å². The average Bonchev–Trinajstić information content (AvgIpc) is 3.00. The molecule has 0 bridgehead atoms. The molecule has 3 heterocycles. The molecule has 2 N–H and O–H groups in total. The number of aromatic nitrogens is 2. The number of carboxylic acids is 1. The highest BCUT2D eigenvalue weighted by Gasteiger charge is 2.57. The molecule has 0 saturated carbocycles. The maximum atomic E-state index is 12.5. The predicted octanol–water partition coefficient (Wildman–Crippen LogP) is -0.393. The van der Waals surface area contributed by atoms with Gasteiger partial charge in [-0.2, -0.15) is 0 Å². The van der Waals surface area contributed by atoms with Gasteiger partial charge < -0.3 is 20.2 Å². The third kappa shape index (κ3) is 2.19. The van der Waals surface area contributed by atoms with E-state index >= 15 is 0 Å². The van der Waals surface area contributed by atoms with Crippen molar-refractivity contribution in [3.63, 3.8) is 0 Å². The topological polar surface area (TPSA) is 98.7 Å². The van der Waals surface area contributed by atoms with Crippen molar-refractivity contribution in [2.75, 3.05) is 45.6 Å². The fourth-order valence-corrected chi connectivity index (χ4v) is 3.52. The summed E-state index contributed by atoms with van der Waals surface area (Å²) in [4.78, 5) is 36.0. The van der Waals surface area contributed by atoms with E-state index in [1.807, 2.05) is 11.9 Å². The molecule has 1 amide bonds. The quantitative estimate of drug-likeness (QED) is 0.784. The van der Waals surface area contributed by atoms with Crippen LogP contribution in [0.15, 0.2) is 12.4 Å². The number of anilines is 1. The first-order valence-corrected chi connectivity index (χ1v) is 7.17. The van der Waals surface area contributed by atoms with E-state index in [1.165, 1.54) is 12.4 Å². The number of hydrogen-bond donors (Lipinski definition) is 2. The number of carbonyl (C=O) groups is 2. The molecule has 2 aliphatic heterocycles. The highest BCUT2D eigenvalue weighted by Crippen LogP contribution is 2.42. The SMILES string of the molecule is CNc1ncc(C(=O)N2C[C@@H]3CN(C)C[C@]3(C(=O)O)C2)cn1. The molecule has 2 aliphatic rings. The van der Waals surface area contributed by atoms with Gasteiger partial charge >= 0.3 is 5.97 Å². The Kier molecular flexibility index (Phi) is 3.48. The first-order chi connectivity index (χ1) is 10.5. The van der Waals surface area contributed by atoms with E-state index in [-0.39, 0.29) is 18.4 Å². The van der Waals surface area contributed by atoms with Gasteiger partial charge in [0.1, 0.15) is 5.41 Å². The summed E-state index contributed by atoms with van der Waals surface area (Å²) in [6.07, 6.45) is 2.93. The van der Waals surface area contributed by atoms with Crippen molar-refractivity contribution < 1.29 is 14.7 Å². The number of amides is 1. The van der Waals surface area contributed by atoms with Crippen LogP contribution in [-0.2, 0) is 4.79 Å². The average molecular weight is 305 g/mol. The summed E-state index contributed by atoms with van der Waals surface area (Å²) in [6, 6.07) is 0. The van der Waals surface area contributed by atoms with Gasteiger partial charge in [-0.1, -0.05) is 0 Å². The van der Waals surface area contributed by atoms with Gasteiger partial charge in [0, 0.05) is 51.5 Å². The van der Waals surface area contributed by atoms with Crippen LogP contribution in [0.1, 0.15) is 10.4 Å². The zero-order chi connectivity index (χ0) is 15.9. The molecule has 0 spiro atoms. The van der Waals surface area contributed by atoms with E-state index < -0.39 is 11.4 Å². The van der Waals surface area contributed by atoms with Gasteiger partial charge in [0.15, 0.2) is 0 Å². The van der Waals surface area contributed by atoms with Crippen LogP contribution in [0.25, 0.3) is 0 Å². The lowest BCUT2D eigenvalue weighted by Crippen LogP contribution is -2.41. The summed E-state index contributed by atoms with van der Waals surface area (Å²) < 4.78 is 0. The minimum Gasteiger partial charge on any atom is -0.481 e. The van der Waals surface area contributed by atoms with Gasteiger partial charge in [-0.25, -0.2) is 9.97 Å². The molecule has 0 aliphatic carbocycles. The molecule has 3 rings (SSSR count). The fraction of sp³-hybridized carbons (Fsp3) is 0.571. The Morgan fingerprint density at radius 1 is 1.32 bits per heavy atom. The maximum absolute atomic E-state index is 12.5. The third-order valence-corrected chi connectivity index (χ3v) is 4.61. The molecular formula is C14H19N5O3. The first kappa shape index (κ1) is 14.7. The molecule has 22 heavy (non-hydrogen) atoms. The zero-order valence-corrected chi connectivity index (χ0v) is 12.6. The molecule has 8 nitrogen and oxygen atoms in total. The number of likely N-dealkylation sites (tertiary alicyclic amines) is 2. The van der Waals surface area contributed by atoms with Crippen molar-refractivity contribution in [2.45, 2.75) is 0 Å². The van der Waals surface area contributed by atoms with Crippen LogP contribution in [0, 0.1) is 11.3 Å². The van der Waals surface area contributed by atoms with Gasteiger partial charge in [-0.3, -0.25) is 9.59 Å². The highest BCUT2D eigenvalue weighted by atomic mass is 16.4. The number of nitrogens with one attached hydrogen (secondary N) is 1. The Hall–Kier alpha value is -2.22. The van der Waals surface area contributed by atoms with Crippen LogP contribution in [0.5, 0.6) is 0 Å². The fourth-order valence-electron chi connectivity index (χ4n) is 3.52. The van der Waals surface area contributed by atoms with Gasteiger partial charge in [0.25, 0.3) is 5.91 Å². The van der Waals surface area contributed by atoms with E-state index in [9.17, 15) is 14.7 Å². The van der Waals surface area contributed by atoms with Crippen molar-refractivity contribution >= 4 is 17.8 Å². The van der Waals surface area contributed by atoms with Gasteiger partial charge in [0.2, 0.25) is 5.95 Å². The minimum absolute atomic E-state index is 0.0311.